The van der Waals surface area contributed by atoms with Crippen molar-refractivity contribution in [2.45, 2.75) is 58.8 Å². The van der Waals surface area contributed by atoms with Gasteiger partial charge in [0.2, 0.25) is 5.91 Å². The fourth-order valence-corrected chi connectivity index (χ4v) is 5.78. The van der Waals surface area contributed by atoms with Crippen LogP contribution in [0.1, 0.15) is 45.5 Å². The molecule has 2 aliphatic rings. The summed E-state index contributed by atoms with van der Waals surface area (Å²) in [6.07, 6.45) is -0.860. The van der Waals surface area contributed by atoms with E-state index in [1.165, 1.54) is 12.3 Å². The molecule has 4 aromatic heterocycles. The van der Waals surface area contributed by atoms with Crippen LogP contribution in [0, 0.1) is 11.8 Å². The monoisotopic (exact) mass is 719 g/mol. The summed E-state index contributed by atoms with van der Waals surface area (Å²) in [6.45, 7) is 9.86. The second kappa shape index (κ2) is 16.8. The van der Waals surface area contributed by atoms with E-state index in [0.29, 0.717) is 43.6 Å². The molecule has 0 spiro atoms. The summed E-state index contributed by atoms with van der Waals surface area (Å²) in [4.78, 5) is 63.8. The minimum Gasteiger partial charge on any atom is -0.378 e. The lowest BCUT2D eigenvalue weighted by atomic mass is 9.92. The minimum atomic E-state index is -4.70. The van der Waals surface area contributed by atoms with Gasteiger partial charge in [-0.1, -0.05) is 32.9 Å². The predicted molar refractivity (Wildman–Crippen MR) is 186 cm³/mol. The molecule has 6 rings (SSSR count). The van der Waals surface area contributed by atoms with Gasteiger partial charge in [-0.2, -0.15) is 13.2 Å². The number of ether oxygens (including phenoxy) is 1. The Morgan fingerprint density at radius 2 is 1.52 bits per heavy atom. The van der Waals surface area contributed by atoms with Gasteiger partial charge in [0.05, 0.1) is 25.2 Å². The van der Waals surface area contributed by atoms with Crippen molar-refractivity contribution in [1.82, 2.24) is 34.8 Å². The Kier molecular flexibility index (Phi) is 12.2. The normalized spacial score (nSPS) is 18.1. The molecule has 13 nitrogen and oxygen atoms in total. The average Bonchev–Trinajstić information content (AvgIpc) is 3.43. The summed E-state index contributed by atoms with van der Waals surface area (Å²) in [6, 6.07) is 11.7. The van der Waals surface area contributed by atoms with E-state index in [4.69, 9.17) is 4.74 Å². The molecule has 1 aliphatic carbocycles. The first kappa shape index (κ1) is 37.9. The average molecular weight is 720 g/mol. The fraction of sp³-hybridized carbons (Fsp3) is 0.417. The van der Waals surface area contributed by atoms with Crippen LogP contribution in [-0.4, -0.2) is 90.7 Å². The van der Waals surface area contributed by atoms with Crippen molar-refractivity contribution in [3.63, 3.8) is 0 Å². The van der Waals surface area contributed by atoms with E-state index in [1.54, 1.807) is 32.2 Å². The predicted octanol–water partition coefficient (Wildman–Crippen LogP) is 4.91. The molecular formula is C36H40F3N9O4. The van der Waals surface area contributed by atoms with Crippen LogP contribution in [0.15, 0.2) is 60.9 Å². The van der Waals surface area contributed by atoms with Gasteiger partial charge in [0.25, 0.3) is 0 Å². The van der Waals surface area contributed by atoms with Crippen molar-refractivity contribution < 1.29 is 32.3 Å². The van der Waals surface area contributed by atoms with Crippen molar-refractivity contribution in [3.8, 4) is 23.0 Å². The number of pyridine rings is 2. The Morgan fingerprint density at radius 1 is 0.904 bits per heavy atom. The zero-order valence-corrected chi connectivity index (χ0v) is 29.2. The highest BCUT2D eigenvalue weighted by Crippen LogP contribution is 2.32. The van der Waals surface area contributed by atoms with Gasteiger partial charge >= 0.3 is 6.18 Å². The number of carbonyl (C=O) groups excluding carboxylic acids is 3. The van der Waals surface area contributed by atoms with Gasteiger partial charge in [-0.15, -0.1) is 0 Å². The van der Waals surface area contributed by atoms with Gasteiger partial charge < -0.3 is 20.3 Å². The maximum Gasteiger partial charge on any atom is 0.433 e. The van der Waals surface area contributed by atoms with Crippen molar-refractivity contribution in [2.75, 3.05) is 36.9 Å². The molecular weight excluding hydrogens is 679 g/mol. The number of alkyl halides is 3. The quantitative estimate of drug-likeness (QED) is 0.225. The summed E-state index contributed by atoms with van der Waals surface area (Å²) in [7, 11) is 0. The first-order valence-electron chi connectivity index (χ1n) is 17.0. The molecule has 0 aromatic carbocycles. The summed E-state index contributed by atoms with van der Waals surface area (Å²) >= 11 is 0. The number of carbonyl (C=O) groups is 3. The van der Waals surface area contributed by atoms with Crippen molar-refractivity contribution in [1.29, 1.82) is 0 Å². The summed E-state index contributed by atoms with van der Waals surface area (Å²) < 4.78 is 45.0. The van der Waals surface area contributed by atoms with E-state index in [0.717, 1.165) is 18.2 Å². The maximum atomic E-state index is 13.2. The molecule has 1 amide bonds. The lowest BCUT2D eigenvalue weighted by Gasteiger charge is -2.29. The molecule has 5 heterocycles. The number of nitrogens with one attached hydrogen (secondary N) is 2. The molecule has 0 bridgehead atoms. The number of halogens is 3. The smallest absolute Gasteiger partial charge is 0.378 e. The van der Waals surface area contributed by atoms with Crippen molar-refractivity contribution in [3.05, 3.63) is 72.3 Å². The number of ketones is 2. The van der Waals surface area contributed by atoms with Crippen molar-refractivity contribution in [2.24, 2.45) is 11.8 Å². The van der Waals surface area contributed by atoms with Gasteiger partial charge in [0.15, 0.2) is 23.1 Å². The molecule has 3 unspecified atom stereocenters. The number of rotatable bonds is 9. The summed E-state index contributed by atoms with van der Waals surface area (Å²) in [5, 5.41) is 5.89. The number of morpholine rings is 1. The number of aromatic nitrogens is 6. The van der Waals surface area contributed by atoms with Crippen molar-refractivity contribution >= 4 is 29.1 Å². The van der Waals surface area contributed by atoms with Crippen LogP contribution in [0.2, 0.25) is 0 Å². The Morgan fingerprint density at radius 3 is 2.06 bits per heavy atom. The number of anilines is 2. The van der Waals surface area contributed by atoms with E-state index in [9.17, 15) is 27.6 Å². The van der Waals surface area contributed by atoms with Gasteiger partial charge in [-0.05, 0) is 43.5 Å². The summed E-state index contributed by atoms with van der Waals surface area (Å²) in [5.74, 6) is -0.601. The zero-order valence-electron chi connectivity index (χ0n) is 29.2. The Balaban J connectivity index is 0.000000202. The highest BCUT2D eigenvalue weighted by Gasteiger charge is 2.43. The number of amides is 1. The Labute approximate surface area is 298 Å². The molecule has 2 N–H and O–H groups in total. The highest BCUT2D eigenvalue weighted by atomic mass is 19.4. The molecule has 2 fully saturated rings. The lowest BCUT2D eigenvalue weighted by molar-refractivity contribution is -0.141. The van der Waals surface area contributed by atoms with Gasteiger partial charge in [-0.25, -0.2) is 19.9 Å². The van der Waals surface area contributed by atoms with E-state index >= 15 is 0 Å². The third kappa shape index (κ3) is 9.48. The minimum absolute atomic E-state index is 0.0550. The third-order valence-corrected chi connectivity index (χ3v) is 8.39. The molecule has 16 heteroatoms. The SMILES string of the molecule is CC(C)C1C(=O)CC(Nc2cc(C(F)(F)F)nc(-c3ccccn3)n2)C1=O.CCc1cc(NC(C)C(=O)N2CCOCC2)nc(-c2ccccn2)n1. The fourth-order valence-electron chi connectivity index (χ4n) is 5.78. The van der Waals surface area contributed by atoms with Crippen LogP contribution in [-0.2, 0) is 31.7 Å². The third-order valence-electron chi connectivity index (χ3n) is 8.39. The Bertz CT molecular complexity index is 1860. The maximum absolute atomic E-state index is 13.2. The van der Waals surface area contributed by atoms with Gasteiger partial charge in [0, 0.05) is 49.7 Å². The Hall–Kier alpha value is -5.38. The number of nitrogens with zero attached hydrogens (tertiary/aromatic N) is 7. The molecule has 1 saturated heterocycles. The second-order valence-electron chi connectivity index (χ2n) is 12.6. The van der Waals surface area contributed by atoms with E-state index in [-0.39, 0.29) is 53.2 Å². The van der Waals surface area contributed by atoms with Crippen LogP contribution in [0.3, 0.4) is 0 Å². The number of hydrogen-bond acceptors (Lipinski definition) is 12. The highest BCUT2D eigenvalue weighted by molar-refractivity contribution is 6.13. The number of hydrogen-bond donors (Lipinski definition) is 2. The number of aryl methyl sites for hydroxylation is 1. The van der Waals surface area contributed by atoms with Gasteiger partial charge in [-0.3, -0.25) is 24.4 Å². The molecule has 52 heavy (non-hydrogen) atoms. The lowest BCUT2D eigenvalue weighted by Crippen LogP contribution is -2.47. The van der Waals surface area contributed by atoms with E-state index in [2.05, 4.69) is 40.5 Å². The standard InChI is InChI=1S/C18H17F3N4O2.C18H23N5O2/c1-9(2)15-12(26)7-11(16(15)27)23-14-8-13(18(19,20)21)24-17(25-14)10-5-3-4-6-22-10;1-3-14-12-16(22-17(21-14)15-6-4-5-7-19-15)20-13(2)18(24)23-8-10-25-11-9-23/h3-6,8-9,11,15H,7H2,1-2H3,(H,23,24,25);4-7,12-13H,3,8-11H2,1-2H3,(H,20,21,22). The number of Topliss-reactive ketones (excluding diaryl/α,β-unsaturated/α-hetero) is 2. The largest absolute Gasteiger partial charge is 0.433 e. The molecule has 1 aliphatic heterocycles. The van der Waals surface area contributed by atoms with Crippen LogP contribution in [0.5, 0.6) is 0 Å². The van der Waals surface area contributed by atoms with Crippen LogP contribution < -0.4 is 10.6 Å². The molecule has 0 radical (unpaired) electrons. The van der Waals surface area contributed by atoms with E-state index in [1.807, 2.05) is 43.0 Å². The van der Waals surface area contributed by atoms with Crippen LogP contribution in [0.4, 0.5) is 24.8 Å². The first-order valence-corrected chi connectivity index (χ1v) is 17.0. The first-order chi connectivity index (χ1) is 24.8. The second-order valence-corrected chi connectivity index (χ2v) is 12.6. The molecule has 3 atom stereocenters. The van der Waals surface area contributed by atoms with Gasteiger partial charge in [0.1, 0.15) is 34.8 Å². The zero-order chi connectivity index (χ0) is 37.4. The molecule has 4 aromatic rings. The molecule has 274 valence electrons. The van der Waals surface area contributed by atoms with Crippen LogP contribution in [0.25, 0.3) is 23.0 Å². The summed E-state index contributed by atoms with van der Waals surface area (Å²) in [5.41, 5.74) is 0.635. The van der Waals surface area contributed by atoms with Crippen LogP contribution >= 0.6 is 0 Å². The topological polar surface area (TPSA) is 165 Å². The molecule has 1 saturated carbocycles. The van der Waals surface area contributed by atoms with E-state index < -0.39 is 23.8 Å².